The molecule has 0 atom stereocenters. The van der Waals surface area contributed by atoms with Crippen molar-refractivity contribution < 1.29 is 13.9 Å². The molecule has 2 rings (SSSR count). The minimum Gasteiger partial charge on any atom is -0.453 e. The molecule has 2 aromatic rings. The van der Waals surface area contributed by atoms with Crippen LogP contribution in [0.25, 0.3) is 11.5 Å². The van der Waals surface area contributed by atoms with Gasteiger partial charge in [-0.15, -0.1) is 10.2 Å². The first-order chi connectivity index (χ1) is 8.79. The quantitative estimate of drug-likeness (QED) is 0.869. The number of amides is 1. The Labute approximate surface area is 103 Å². The summed E-state index contributed by atoms with van der Waals surface area (Å²) >= 11 is 0. The van der Waals surface area contributed by atoms with Gasteiger partial charge in [0.15, 0.2) is 0 Å². The molecule has 7 nitrogen and oxygen atoms in total. The van der Waals surface area contributed by atoms with Crippen LogP contribution in [0.5, 0.6) is 0 Å². The van der Waals surface area contributed by atoms with Gasteiger partial charge in [-0.2, -0.15) is 0 Å². The summed E-state index contributed by atoms with van der Waals surface area (Å²) in [6, 6.07) is 3.62. The number of nitrogens with one attached hydrogen (secondary N) is 1. The van der Waals surface area contributed by atoms with Crippen LogP contribution >= 0.6 is 0 Å². The van der Waals surface area contributed by atoms with E-state index in [1.807, 2.05) is 6.07 Å². The van der Waals surface area contributed by atoms with Gasteiger partial charge in [0, 0.05) is 25.4 Å². The van der Waals surface area contributed by atoms with Crippen molar-refractivity contribution in [3.63, 3.8) is 0 Å². The Bertz CT molecular complexity index is 512. The highest BCUT2D eigenvalue weighted by Gasteiger charge is 2.08. The van der Waals surface area contributed by atoms with Crippen molar-refractivity contribution in [2.75, 3.05) is 13.7 Å². The van der Waals surface area contributed by atoms with Crippen LogP contribution in [0.15, 0.2) is 28.9 Å². The number of aromatic nitrogens is 3. The minimum atomic E-state index is -0.484. The summed E-state index contributed by atoms with van der Waals surface area (Å²) in [4.78, 5) is 14.8. The van der Waals surface area contributed by atoms with Gasteiger partial charge in [-0.05, 0) is 12.1 Å². The van der Waals surface area contributed by atoms with E-state index in [9.17, 15) is 4.79 Å². The molecule has 0 fully saturated rings. The summed E-state index contributed by atoms with van der Waals surface area (Å²) in [7, 11) is 1.31. The van der Waals surface area contributed by atoms with E-state index >= 15 is 0 Å². The fourth-order valence-electron chi connectivity index (χ4n) is 1.30. The number of hydrogen-bond donors (Lipinski definition) is 1. The molecule has 7 heteroatoms. The van der Waals surface area contributed by atoms with Gasteiger partial charge in [0.2, 0.25) is 11.8 Å². The average Bonchev–Trinajstić information content (AvgIpc) is 2.88. The Morgan fingerprint density at radius 3 is 3.11 bits per heavy atom. The van der Waals surface area contributed by atoms with Crippen molar-refractivity contribution in [3.05, 3.63) is 30.4 Å². The molecule has 0 saturated carbocycles. The third-order valence-corrected chi connectivity index (χ3v) is 2.17. The second-order valence-corrected chi connectivity index (χ2v) is 3.41. The molecule has 2 heterocycles. The number of carbonyl (C=O) groups excluding carboxylic acids is 1. The van der Waals surface area contributed by atoms with Crippen molar-refractivity contribution in [1.82, 2.24) is 20.5 Å². The van der Waals surface area contributed by atoms with Gasteiger partial charge in [0.1, 0.15) is 0 Å². The van der Waals surface area contributed by atoms with Crippen LogP contribution in [0.2, 0.25) is 0 Å². The molecule has 0 saturated heterocycles. The van der Waals surface area contributed by atoms with Gasteiger partial charge in [-0.1, -0.05) is 0 Å². The van der Waals surface area contributed by atoms with E-state index in [1.165, 1.54) is 7.11 Å². The first kappa shape index (κ1) is 12.0. The lowest BCUT2D eigenvalue weighted by Crippen LogP contribution is -2.25. The molecular formula is C11H12N4O3. The second-order valence-electron chi connectivity index (χ2n) is 3.41. The average molecular weight is 248 g/mol. The van der Waals surface area contributed by atoms with E-state index in [-0.39, 0.29) is 0 Å². The summed E-state index contributed by atoms with van der Waals surface area (Å²) in [5.41, 5.74) is 0.761. The van der Waals surface area contributed by atoms with E-state index in [2.05, 4.69) is 25.2 Å². The monoisotopic (exact) mass is 248 g/mol. The lowest BCUT2D eigenvalue weighted by molar-refractivity contribution is 0.171. The Hall–Kier alpha value is -2.44. The molecule has 0 radical (unpaired) electrons. The second kappa shape index (κ2) is 5.76. The van der Waals surface area contributed by atoms with Crippen LogP contribution in [0.3, 0.4) is 0 Å². The van der Waals surface area contributed by atoms with Gasteiger partial charge < -0.3 is 14.5 Å². The van der Waals surface area contributed by atoms with E-state index in [4.69, 9.17) is 4.42 Å². The number of carbonyl (C=O) groups is 1. The summed E-state index contributed by atoms with van der Waals surface area (Å²) in [5.74, 6) is 0.862. The fraction of sp³-hybridized carbons (Fsp3) is 0.273. The molecule has 1 amide bonds. The van der Waals surface area contributed by atoms with Crippen LogP contribution < -0.4 is 5.32 Å². The lowest BCUT2D eigenvalue weighted by Gasteiger charge is -1.99. The lowest BCUT2D eigenvalue weighted by atomic mass is 10.3. The highest BCUT2D eigenvalue weighted by Crippen LogP contribution is 2.15. The van der Waals surface area contributed by atoms with Crippen molar-refractivity contribution in [3.8, 4) is 11.5 Å². The van der Waals surface area contributed by atoms with Gasteiger partial charge in [0.05, 0.1) is 12.7 Å². The number of rotatable bonds is 4. The van der Waals surface area contributed by atoms with Gasteiger partial charge in [0.25, 0.3) is 0 Å². The SMILES string of the molecule is COC(=O)NCCc1nnc(-c2cccnc2)o1. The van der Waals surface area contributed by atoms with Crippen LogP contribution in [0, 0.1) is 0 Å². The molecule has 18 heavy (non-hydrogen) atoms. The van der Waals surface area contributed by atoms with E-state index < -0.39 is 6.09 Å². The van der Waals surface area contributed by atoms with Crippen molar-refractivity contribution in [2.45, 2.75) is 6.42 Å². The third-order valence-electron chi connectivity index (χ3n) is 2.17. The Balaban J connectivity index is 1.93. The Kier molecular flexibility index (Phi) is 3.85. The molecule has 1 N–H and O–H groups in total. The normalized spacial score (nSPS) is 10.1. The van der Waals surface area contributed by atoms with Crippen molar-refractivity contribution in [2.24, 2.45) is 0 Å². The van der Waals surface area contributed by atoms with E-state index in [0.717, 1.165) is 5.56 Å². The standard InChI is InChI=1S/C11H12N4O3/c1-17-11(16)13-6-4-9-14-15-10(18-9)8-3-2-5-12-7-8/h2-3,5,7H,4,6H2,1H3,(H,13,16). The summed E-state index contributed by atoms with van der Waals surface area (Å²) in [6.45, 7) is 0.376. The summed E-state index contributed by atoms with van der Waals surface area (Å²) in [5, 5.41) is 10.3. The maximum Gasteiger partial charge on any atom is 0.406 e. The third kappa shape index (κ3) is 3.03. The zero-order valence-corrected chi connectivity index (χ0v) is 9.79. The fourth-order valence-corrected chi connectivity index (χ4v) is 1.30. The number of methoxy groups -OCH3 is 1. The molecule has 0 aromatic carbocycles. The first-order valence-corrected chi connectivity index (χ1v) is 5.34. The highest BCUT2D eigenvalue weighted by molar-refractivity contribution is 5.66. The van der Waals surface area contributed by atoms with E-state index in [0.29, 0.717) is 24.7 Å². The summed E-state index contributed by atoms with van der Waals surface area (Å²) < 4.78 is 9.87. The number of pyridine rings is 1. The number of alkyl carbamates (subject to hydrolysis) is 1. The molecule has 0 unspecified atom stereocenters. The zero-order valence-electron chi connectivity index (χ0n) is 9.79. The van der Waals surface area contributed by atoms with Gasteiger partial charge in [-0.3, -0.25) is 4.98 Å². The number of hydrogen-bond acceptors (Lipinski definition) is 6. The molecule has 94 valence electrons. The van der Waals surface area contributed by atoms with Gasteiger partial charge >= 0.3 is 6.09 Å². The maximum atomic E-state index is 10.8. The van der Waals surface area contributed by atoms with Crippen molar-refractivity contribution >= 4 is 6.09 Å². The molecule has 0 aliphatic carbocycles. The topological polar surface area (TPSA) is 90.1 Å². The molecule has 2 aromatic heterocycles. The zero-order chi connectivity index (χ0) is 12.8. The summed E-state index contributed by atoms with van der Waals surface area (Å²) in [6.07, 6.45) is 3.27. The molecule has 0 aliphatic rings. The number of nitrogens with zero attached hydrogens (tertiary/aromatic N) is 3. The molecule has 0 aliphatic heterocycles. The predicted octanol–water partition coefficient (Wildman–Crippen LogP) is 1.03. The van der Waals surface area contributed by atoms with Crippen LogP contribution in [0.4, 0.5) is 4.79 Å². The molecular weight excluding hydrogens is 236 g/mol. The maximum absolute atomic E-state index is 10.8. The largest absolute Gasteiger partial charge is 0.453 e. The van der Waals surface area contributed by atoms with Crippen LogP contribution in [-0.4, -0.2) is 34.9 Å². The minimum absolute atomic E-state index is 0.376. The smallest absolute Gasteiger partial charge is 0.406 e. The first-order valence-electron chi connectivity index (χ1n) is 5.34. The predicted molar refractivity (Wildman–Crippen MR) is 61.6 cm³/mol. The molecule has 0 bridgehead atoms. The van der Waals surface area contributed by atoms with Crippen LogP contribution in [-0.2, 0) is 11.2 Å². The van der Waals surface area contributed by atoms with Crippen LogP contribution in [0.1, 0.15) is 5.89 Å². The van der Waals surface area contributed by atoms with Gasteiger partial charge in [-0.25, -0.2) is 4.79 Å². The number of ether oxygens (including phenoxy) is 1. The Morgan fingerprint density at radius 1 is 1.50 bits per heavy atom. The Morgan fingerprint density at radius 2 is 2.39 bits per heavy atom. The van der Waals surface area contributed by atoms with Crippen molar-refractivity contribution in [1.29, 1.82) is 0 Å². The van der Waals surface area contributed by atoms with E-state index in [1.54, 1.807) is 18.5 Å². The highest BCUT2D eigenvalue weighted by atomic mass is 16.5. The molecule has 0 spiro atoms.